The van der Waals surface area contributed by atoms with Gasteiger partial charge in [-0.3, -0.25) is 4.79 Å². The Kier molecular flexibility index (Phi) is 29.2. The molecule has 0 aromatic heterocycles. The molecule has 7 atom stereocenters. The van der Waals surface area contributed by atoms with Crippen LogP contribution in [-0.2, 0) is 19.0 Å². The number of unbranched alkanes of at least 4 members (excludes halogenated alkanes) is 20. The normalized spacial score (nSPS) is 22.3. The van der Waals surface area contributed by atoms with Crippen molar-refractivity contribution in [1.29, 1.82) is 0 Å². The van der Waals surface area contributed by atoms with Crippen LogP contribution in [-0.4, -0.2) is 82.8 Å². The molecule has 1 rings (SSSR count). The van der Waals surface area contributed by atoms with Crippen LogP contribution in [0.1, 0.15) is 188 Å². The number of hydrogen-bond donors (Lipinski definition) is 4. The zero-order valence-electron chi connectivity index (χ0n) is 31.5. The molecule has 0 heterocycles. The second-order valence-corrected chi connectivity index (χ2v) is 14.8. The number of aliphatic hydroxyl groups excluding tert-OH is 4. The van der Waals surface area contributed by atoms with E-state index in [0.717, 1.165) is 31.6 Å². The number of hydrogen-bond acceptors (Lipinski definition) is 8. The summed E-state index contributed by atoms with van der Waals surface area (Å²) in [5.41, 5.74) is 0. The average molecular weight is 687 g/mol. The van der Waals surface area contributed by atoms with E-state index >= 15 is 0 Å². The van der Waals surface area contributed by atoms with Gasteiger partial charge in [-0.1, -0.05) is 168 Å². The summed E-state index contributed by atoms with van der Waals surface area (Å²) >= 11 is 0. The third-order valence-electron chi connectivity index (χ3n) is 10.0. The Morgan fingerprint density at radius 2 is 1.00 bits per heavy atom. The van der Waals surface area contributed by atoms with E-state index < -0.39 is 42.6 Å². The van der Waals surface area contributed by atoms with Crippen molar-refractivity contribution in [1.82, 2.24) is 0 Å². The summed E-state index contributed by atoms with van der Waals surface area (Å²) < 4.78 is 16.7. The number of carbonyl (C=O) groups excluding carboxylic acids is 1. The first-order chi connectivity index (χ1) is 23.3. The summed E-state index contributed by atoms with van der Waals surface area (Å²) in [6.45, 7) is 7.40. The van der Waals surface area contributed by atoms with Gasteiger partial charge in [-0.25, -0.2) is 0 Å². The molecule has 0 amide bonds. The number of rotatable bonds is 34. The summed E-state index contributed by atoms with van der Waals surface area (Å²) in [4.78, 5) is 12.5. The van der Waals surface area contributed by atoms with Crippen molar-refractivity contribution in [2.75, 3.05) is 19.8 Å². The molecule has 0 bridgehead atoms. The predicted molar refractivity (Wildman–Crippen MR) is 195 cm³/mol. The van der Waals surface area contributed by atoms with Crippen LogP contribution in [0.3, 0.4) is 0 Å². The second kappa shape index (κ2) is 31.0. The molecule has 1 aliphatic rings. The van der Waals surface area contributed by atoms with Crippen LogP contribution >= 0.6 is 0 Å². The molecule has 0 aromatic carbocycles. The summed E-state index contributed by atoms with van der Waals surface area (Å²) in [5, 5.41) is 41.3. The molecular formula is C40H78O8. The molecule has 48 heavy (non-hydrogen) atoms. The summed E-state index contributed by atoms with van der Waals surface area (Å²) in [7, 11) is 0. The van der Waals surface area contributed by atoms with Gasteiger partial charge in [0.25, 0.3) is 0 Å². The van der Waals surface area contributed by atoms with E-state index in [1.54, 1.807) is 0 Å². The Morgan fingerprint density at radius 3 is 1.54 bits per heavy atom. The molecule has 1 aliphatic carbocycles. The maximum Gasteiger partial charge on any atom is 0.306 e. The smallest absolute Gasteiger partial charge is 0.306 e. The van der Waals surface area contributed by atoms with Crippen molar-refractivity contribution >= 4 is 5.97 Å². The highest BCUT2D eigenvalue weighted by molar-refractivity contribution is 5.69. The van der Waals surface area contributed by atoms with Gasteiger partial charge in [0.2, 0.25) is 0 Å². The largest absolute Gasteiger partial charge is 0.457 e. The molecule has 286 valence electrons. The highest BCUT2D eigenvalue weighted by atomic mass is 16.6. The fourth-order valence-electron chi connectivity index (χ4n) is 6.76. The first kappa shape index (κ1) is 45.3. The predicted octanol–water partition coefficient (Wildman–Crippen LogP) is 8.58. The minimum atomic E-state index is -1.49. The summed E-state index contributed by atoms with van der Waals surface area (Å²) in [5.74, 6) is 0.381. The van der Waals surface area contributed by atoms with Crippen LogP contribution in [0.2, 0.25) is 0 Å². The van der Waals surface area contributed by atoms with Gasteiger partial charge in [0.15, 0.2) is 6.10 Å². The third-order valence-corrected chi connectivity index (χ3v) is 10.0. The maximum absolute atomic E-state index is 12.5. The van der Waals surface area contributed by atoms with Crippen molar-refractivity contribution in [2.45, 2.75) is 224 Å². The Morgan fingerprint density at radius 1 is 0.562 bits per heavy atom. The van der Waals surface area contributed by atoms with Crippen LogP contribution in [0.25, 0.3) is 0 Å². The highest BCUT2D eigenvalue weighted by Gasteiger charge is 2.52. The molecule has 4 unspecified atom stereocenters. The van der Waals surface area contributed by atoms with Crippen molar-refractivity contribution in [3.05, 3.63) is 0 Å². The second-order valence-electron chi connectivity index (χ2n) is 14.8. The maximum atomic E-state index is 12.5. The molecule has 0 radical (unpaired) electrons. The Balaban J connectivity index is 2.09. The highest BCUT2D eigenvalue weighted by Crippen LogP contribution is 2.28. The fourth-order valence-corrected chi connectivity index (χ4v) is 6.76. The fraction of sp³-hybridized carbons (Fsp3) is 0.975. The number of aliphatic hydroxyl groups is 4. The lowest BCUT2D eigenvalue weighted by molar-refractivity contribution is -0.168. The monoisotopic (exact) mass is 687 g/mol. The van der Waals surface area contributed by atoms with E-state index in [2.05, 4.69) is 20.8 Å². The average Bonchev–Trinajstić information content (AvgIpc) is 3.27. The lowest BCUT2D eigenvalue weighted by Gasteiger charge is -2.24. The topological polar surface area (TPSA) is 126 Å². The van der Waals surface area contributed by atoms with E-state index in [1.165, 1.54) is 128 Å². The zero-order chi connectivity index (χ0) is 35.2. The molecule has 8 nitrogen and oxygen atoms in total. The van der Waals surface area contributed by atoms with Crippen molar-refractivity contribution in [2.24, 2.45) is 5.92 Å². The van der Waals surface area contributed by atoms with Gasteiger partial charge >= 0.3 is 5.97 Å². The standard InChI is InChI=1S/C40H78O8/c1-4-6-8-10-11-12-13-14-15-18-21-25-29-35(42)48-40-38(45)36(43)37(44)39(40)47-32-34(41)31-46-30-26-22-19-16-17-20-24-28-33(3)27-23-9-7-5-2/h33-34,36-41,43-45H,4-32H2,1-3H3/t33?,34-,36?,37-,38+,39?,40?/m0/s1. The van der Waals surface area contributed by atoms with Gasteiger partial charge in [0, 0.05) is 13.0 Å². The Bertz CT molecular complexity index is 721. The van der Waals surface area contributed by atoms with Gasteiger partial charge < -0.3 is 34.6 Å². The van der Waals surface area contributed by atoms with Crippen molar-refractivity contribution < 1.29 is 39.4 Å². The molecule has 0 saturated heterocycles. The van der Waals surface area contributed by atoms with Crippen LogP contribution in [0.15, 0.2) is 0 Å². The first-order valence-corrected chi connectivity index (χ1v) is 20.4. The lowest BCUT2D eigenvalue weighted by Crippen LogP contribution is -2.41. The Hall–Kier alpha value is -0.770. The zero-order valence-corrected chi connectivity index (χ0v) is 31.5. The summed E-state index contributed by atoms with van der Waals surface area (Å²) in [6.07, 6.45) is 23.6. The molecule has 0 aliphatic heterocycles. The van der Waals surface area contributed by atoms with E-state index in [9.17, 15) is 25.2 Å². The van der Waals surface area contributed by atoms with Crippen LogP contribution in [0.4, 0.5) is 0 Å². The van der Waals surface area contributed by atoms with Crippen LogP contribution in [0.5, 0.6) is 0 Å². The molecular weight excluding hydrogens is 608 g/mol. The number of ether oxygens (including phenoxy) is 3. The van der Waals surface area contributed by atoms with E-state index in [1.807, 2.05) is 0 Å². The molecule has 1 fully saturated rings. The molecule has 8 heteroatoms. The van der Waals surface area contributed by atoms with E-state index in [4.69, 9.17) is 14.2 Å². The van der Waals surface area contributed by atoms with Gasteiger partial charge in [-0.2, -0.15) is 0 Å². The third kappa shape index (κ3) is 22.8. The molecule has 4 N–H and O–H groups in total. The molecule has 0 spiro atoms. The van der Waals surface area contributed by atoms with Crippen molar-refractivity contribution in [3.63, 3.8) is 0 Å². The van der Waals surface area contributed by atoms with Gasteiger partial charge in [-0.15, -0.1) is 0 Å². The van der Waals surface area contributed by atoms with E-state index in [0.29, 0.717) is 13.0 Å². The minimum Gasteiger partial charge on any atom is -0.457 e. The minimum absolute atomic E-state index is 0.0912. The molecule has 1 saturated carbocycles. The summed E-state index contributed by atoms with van der Waals surface area (Å²) in [6, 6.07) is 0. The molecule has 0 aromatic rings. The lowest BCUT2D eigenvalue weighted by atomic mass is 9.96. The SMILES string of the molecule is CCCCCCCCCCCCCCC(=O)OC1C(OC[C@@H](O)COCCCCCCCCCC(C)CCCCCC)[C@@H](O)C(O)[C@H]1O. The van der Waals surface area contributed by atoms with Crippen LogP contribution in [0, 0.1) is 5.92 Å². The quantitative estimate of drug-likeness (QED) is 0.0392. The van der Waals surface area contributed by atoms with E-state index in [-0.39, 0.29) is 19.6 Å². The van der Waals surface area contributed by atoms with Crippen molar-refractivity contribution in [3.8, 4) is 0 Å². The Labute approximate surface area is 295 Å². The van der Waals surface area contributed by atoms with Gasteiger partial charge in [0.1, 0.15) is 30.5 Å². The van der Waals surface area contributed by atoms with Gasteiger partial charge in [-0.05, 0) is 18.8 Å². The van der Waals surface area contributed by atoms with Crippen LogP contribution < -0.4 is 0 Å². The number of carbonyl (C=O) groups is 1. The van der Waals surface area contributed by atoms with Gasteiger partial charge in [0.05, 0.1) is 13.2 Å². The number of esters is 1. The first-order valence-electron chi connectivity index (χ1n) is 20.4.